The van der Waals surface area contributed by atoms with Crippen LogP contribution in [0.5, 0.6) is 0 Å². The Morgan fingerprint density at radius 3 is 3.04 bits per heavy atom. The molecule has 4 rings (SSSR count). The van der Waals surface area contributed by atoms with Crippen LogP contribution in [0.2, 0.25) is 0 Å². The molecule has 0 spiro atoms. The summed E-state index contributed by atoms with van der Waals surface area (Å²) in [4.78, 5) is 2.10. The maximum atomic E-state index is 11.8. The van der Waals surface area contributed by atoms with E-state index < -0.39 is 10.0 Å². The molecule has 0 saturated heterocycles. The molecule has 25 heavy (non-hydrogen) atoms. The predicted molar refractivity (Wildman–Crippen MR) is 90.6 cm³/mol. The van der Waals surface area contributed by atoms with Crippen LogP contribution in [0.4, 0.5) is 5.82 Å². The van der Waals surface area contributed by atoms with Crippen LogP contribution in [0, 0.1) is 0 Å². The highest BCUT2D eigenvalue weighted by molar-refractivity contribution is 7.89. The molecule has 1 atom stereocenters. The minimum atomic E-state index is -3.25. The van der Waals surface area contributed by atoms with Gasteiger partial charge < -0.3 is 4.90 Å². The summed E-state index contributed by atoms with van der Waals surface area (Å²) in [6.45, 7) is 3.16. The minimum absolute atomic E-state index is 0.0568. The standard InChI is InChI=1S/C14H18N8O2S/c1-2-25(23,24)17-7-12-9-20(8-11-5-6-16-22(11)12)14-4-3-13-18-15-10-21(13)19-14/h3-6,10,12,17H,2,7-9H2,1H3. The van der Waals surface area contributed by atoms with Gasteiger partial charge in [-0.2, -0.15) is 9.61 Å². The molecule has 0 aliphatic carbocycles. The summed E-state index contributed by atoms with van der Waals surface area (Å²) in [7, 11) is -3.25. The Morgan fingerprint density at radius 1 is 1.32 bits per heavy atom. The lowest BCUT2D eigenvalue weighted by Crippen LogP contribution is -2.43. The van der Waals surface area contributed by atoms with Crippen molar-refractivity contribution < 1.29 is 8.42 Å². The molecule has 1 unspecified atom stereocenters. The summed E-state index contributed by atoms with van der Waals surface area (Å²) in [5, 5.41) is 16.7. The van der Waals surface area contributed by atoms with Crippen LogP contribution in [0.3, 0.4) is 0 Å². The van der Waals surface area contributed by atoms with Crippen LogP contribution in [0.15, 0.2) is 30.7 Å². The zero-order valence-corrected chi connectivity index (χ0v) is 14.5. The Hall–Kier alpha value is -2.53. The Bertz CT molecular complexity index is 995. The molecule has 3 aromatic heterocycles. The smallest absolute Gasteiger partial charge is 0.211 e. The van der Waals surface area contributed by atoms with Crippen molar-refractivity contribution in [2.45, 2.75) is 19.5 Å². The van der Waals surface area contributed by atoms with Crippen LogP contribution in [0.25, 0.3) is 5.65 Å². The fourth-order valence-corrected chi connectivity index (χ4v) is 3.58. The summed E-state index contributed by atoms with van der Waals surface area (Å²) in [5.41, 5.74) is 1.69. The third kappa shape index (κ3) is 3.07. The van der Waals surface area contributed by atoms with E-state index in [1.165, 1.54) is 0 Å². The van der Waals surface area contributed by atoms with Gasteiger partial charge in [-0.3, -0.25) is 4.68 Å². The molecule has 0 saturated carbocycles. The second-order valence-corrected chi connectivity index (χ2v) is 7.97. The lowest BCUT2D eigenvalue weighted by Gasteiger charge is -2.34. The third-order valence-corrected chi connectivity index (χ3v) is 5.64. The number of sulfonamides is 1. The van der Waals surface area contributed by atoms with Gasteiger partial charge in [0.15, 0.2) is 5.65 Å². The maximum Gasteiger partial charge on any atom is 0.211 e. The number of hydrogen-bond acceptors (Lipinski definition) is 7. The highest BCUT2D eigenvalue weighted by atomic mass is 32.2. The SMILES string of the molecule is CCS(=O)(=O)NCC1CN(c2ccc3nncn3n2)Cc2ccnn21. The Kier molecular flexibility index (Phi) is 3.88. The number of hydrogen-bond donors (Lipinski definition) is 1. The van der Waals surface area contributed by atoms with E-state index in [0.717, 1.165) is 11.5 Å². The van der Waals surface area contributed by atoms with Crippen molar-refractivity contribution in [1.82, 2.24) is 34.3 Å². The summed E-state index contributed by atoms with van der Waals surface area (Å²) in [5.74, 6) is 0.837. The minimum Gasteiger partial charge on any atom is -0.347 e. The van der Waals surface area contributed by atoms with Crippen molar-refractivity contribution in [3.63, 3.8) is 0 Å². The van der Waals surface area contributed by atoms with Gasteiger partial charge in [0.05, 0.1) is 24.0 Å². The summed E-state index contributed by atoms with van der Waals surface area (Å²) >= 11 is 0. The second kappa shape index (κ2) is 6.08. The van der Waals surface area contributed by atoms with Gasteiger partial charge in [-0.05, 0) is 25.1 Å². The van der Waals surface area contributed by atoms with Crippen molar-refractivity contribution in [2.24, 2.45) is 0 Å². The topological polar surface area (TPSA) is 110 Å². The lowest BCUT2D eigenvalue weighted by molar-refractivity contribution is 0.393. The maximum absolute atomic E-state index is 11.8. The van der Waals surface area contributed by atoms with Gasteiger partial charge in [0, 0.05) is 19.3 Å². The van der Waals surface area contributed by atoms with E-state index >= 15 is 0 Å². The van der Waals surface area contributed by atoms with Crippen LogP contribution >= 0.6 is 0 Å². The van der Waals surface area contributed by atoms with Crippen LogP contribution in [-0.4, -0.2) is 56.9 Å². The summed E-state index contributed by atoms with van der Waals surface area (Å²) in [6, 6.07) is 5.57. The molecule has 0 fully saturated rings. The molecule has 1 aliphatic rings. The fraction of sp³-hybridized carbons (Fsp3) is 0.429. The number of nitrogens with zero attached hydrogens (tertiary/aromatic N) is 7. The van der Waals surface area contributed by atoms with Crippen molar-refractivity contribution in [3.8, 4) is 0 Å². The van der Waals surface area contributed by atoms with E-state index in [1.807, 2.05) is 22.9 Å². The second-order valence-electron chi connectivity index (χ2n) is 5.88. The molecule has 1 aliphatic heterocycles. The molecule has 0 radical (unpaired) electrons. The van der Waals surface area contributed by atoms with E-state index in [1.54, 1.807) is 24.0 Å². The molecule has 10 nitrogen and oxygen atoms in total. The van der Waals surface area contributed by atoms with Crippen molar-refractivity contribution in [2.75, 3.05) is 23.7 Å². The van der Waals surface area contributed by atoms with Crippen molar-refractivity contribution in [3.05, 3.63) is 36.4 Å². The molecule has 0 amide bonds. The largest absolute Gasteiger partial charge is 0.347 e. The first-order valence-corrected chi connectivity index (χ1v) is 9.63. The van der Waals surface area contributed by atoms with Gasteiger partial charge in [0.2, 0.25) is 10.0 Å². The molecule has 132 valence electrons. The van der Waals surface area contributed by atoms with Crippen molar-refractivity contribution in [1.29, 1.82) is 0 Å². The van der Waals surface area contributed by atoms with E-state index in [2.05, 4.69) is 30.0 Å². The van der Waals surface area contributed by atoms with Crippen LogP contribution < -0.4 is 9.62 Å². The Morgan fingerprint density at radius 2 is 2.20 bits per heavy atom. The number of fused-ring (bicyclic) bond motifs is 2. The molecule has 0 aromatic carbocycles. The average molecular weight is 362 g/mol. The molecule has 0 bridgehead atoms. The third-order valence-electron chi connectivity index (χ3n) is 4.27. The van der Waals surface area contributed by atoms with Gasteiger partial charge in [0.25, 0.3) is 0 Å². The quantitative estimate of drug-likeness (QED) is 0.670. The van der Waals surface area contributed by atoms with Crippen LogP contribution in [0.1, 0.15) is 18.7 Å². The zero-order valence-electron chi connectivity index (χ0n) is 13.6. The number of aromatic nitrogens is 6. The first-order valence-electron chi connectivity index (χ1n) is 7.97. The summed E-state index contributed by atoms with van der Waals surface area (Å²) < 4.78 is 29.7. The van der Waals surface area contributed by atoms with Gasteiger partial charge in [0.1, 0.15) is 12.1 Å². The van der Waals surface area contributed by atoms with E-state index in [-0.39, 0.29) is 18.3 Å². The summed E-state index contributed by atoms with van der Waals surface area (Å²) in [6.07, 6.45) is 3.29. The van der Waals surface area contributed by atoms with Crippen LogP contribution in [-0.2, 0) is 16.6 Å². The molecule has 11 heteroatoms. The highest BCUT2D eigenvalue weighted by Gasteiger charge is 2.27. The van der Waals surface area contributed by atoms with Gasteiger partial charge in [-0.15, -0.1) is 15.3 Å². The first kappa shape index (κ1) is 16.0. The normalized spacial score (nSPS) is 17.8. The van der Waals surface area contributed by atoms with Crippen molar-refractivity contribution >= 4 is 21.5 Å². The fourth-order valence-electron chi connectivity index (χ4n) is 2.93. The van der Waals surface area contributed by atoms with Gasteiger partial charge >= 0.3 is 0 Å². The molecular weight excluding hydrogens is 344 g/mol. The van der Waals surface area contributed by atoms with E-state index in [9.17, 15) is 8.42 Å². The lowest BCUT2D eigenvalue weighted by atomic mass is 10.2. The predicted octanol–water partition coefficient (Wildman–Crippen LogP) is -0.179. The number of nitrogens with one attached hydrogen (secondary N) is 1. The first-order chi connectivity index (χ1) is 12.1. The monoisotopic (exact) mass is 362 g/mol. The molecule has 4 heterocycles. The highest BCUT2D eigenvalue weighted by Crippen LogP contribution is 2.24. The molecule has 1 N–H and O–H groups in total. The van der Waals surface area contributed by atoms with E-state index in [4.69, 9.17) is 0 Å². The molecule has 3 aromatic rings. The molecular formula is C14H18N8O2S. The van der Waals surface area contributed by atoms with E-state index in [0.29, 0.717) is 18.7 Å². The van der Waals surface area contributed by atoms with Gasteiger partial charge in [-0.25, -0.2) is 13.1 Å². The number of rotatable bonds is 5. The Balaban J connectivity index is 1.61. The average Bonchev–Trinajstić information content (AvgIpc) is 3.27. The van der Waals surface area contributed by atoms with Gasteiger partial charge in [-0.1, -0.05) is 0 Å². The Labute approximate surface area is 144 Å². The zero-order chi connectivity index (χ0) is 17.4. The number of anilines is 1.